The lowest BCUT2D eigenvalue weighted by molar-refractivity contribution is 0.204. The first-order valence-electron chi connectivity index (χ1n) is 8.76. The van der Waals surface area contributed by atoms with Gasteiger partial charge in [0, 0.05) is 18.8 Å². The van der Waals surface area contributed by atoms with Gasteiger partial charge in [0.05, 0.1) is 23.7 Å². The number of nitrogens with zero attached hydrogens (tertiary/aromatic N) is 2. The van der Waals surface area contributed by atoms with E-state index >= 15 is 0 Å². The molecule has 0 fully saturated rings. The van der Waals surface area contributed by atoms with Crippen LogP contribution in [0, 0.1) is 12.8 Å². The first kappa shape index (κ1) is 19.1. The SMILES string of the molecule is CCn1c(=O)n(CC)c2cc(NC(=O)N[C@H](CO)C(C)C)c(C)cc21. The molecule has 0 radical (unpaired) electrons. The molecule has 2 rings (SSSR count). The average molecular weight is 348 g/mol. The van der Waals surface area contributed by atoms with E-state index in [2.05, 4.69) is 10.6 Å². The van der Waals surface area contributed by atoms with E-state index in [1.54, 1.807) is 9.13 Å². The summed E-state index contributed by atoms with van der Waals surface area (Å²) in [5, 5.41) is 15.0. The highest BCUT2D eigenvalue weighted by Gasteiger charge is 2.17. The molecular weight excluding hydrogens is 320 g/mol. The van der Waals surface area contributed by atoms with Gasteiger partial charge in [-0.05, 0) is 44.4 Å². The van der Waals surface area contributed by atoms with Crippen LogP contribution in [0.2, 0.25) is 0 Å². The number of urea groups is 1. The number of aliphatic hydroxyl groups is 1. The van der Waals surface area contributed by atoms with Gasteiger partial charge in [-0.1, -0.05) is 13.8 Å². The van der Waals surface area contributed by atoms with Gasteiger partial charge in [-0.3, -0.25) is 9.13 Å². The van der Waals surface area contributed by atoms with Crippen molar-refractivity contribution in [1.82, 2.24) is 14.5 Å². The second kappa shape index (κ2) is 7.74. The van der Waals surface area contributed by atoms with Crippen LogP contribution in [0.25, 0.3) is 11.0 Å². The quantitative estimate of drug-likeness (QED) is 0.748. The number of carbonyl (C=O) groups is 1. The normalized spacial score (nSPS) is 12.6. The minimum atomic E-state index is -0.365. The maximum absolute atomic E-state index is 12.5. The van der Waals surface area contributed by atoms with Crippen LogP contribution in [0.15, 0.2) is 16.9 Å². The van der Waals surface area contributed by atoms with Crippen LogP contribution in [0.1, 0.15) is 33.3 Å². The second-order valence-corrected chi connectivity index (χ2v) is 6.56. The molecule has 2 amide bonds. The number of carbonyl (C=O) groups excluding carboxylic acids is 1. The summed E-state index contributed by atoms with van der Waals surface area (Å²) in [5.74, 6) is 0.128. The highest BCUT2D eigenvalue weighted by molar-refractivity contribution is 5.93. The number of rotatable bonds is 6. The second-order valence-electron chi connectivity index (χ2n) is 6.56. The van der Waals surface area contributed by atoms with Gasteiger partial charge in [-0.25, -0.2) is 9.59 Å². The van der Waals surface area contributed by atoms with Gasteiger partial charge in [-0.15, -0.1) is 0 Å². The Kier molecular flexibility index (Phi) is 5.89. The maximum atomic E-state index is 12.5. The third-order valence-electron chi connectivity index (χ3n) is 4.56. The summed E-state index contributed by atoms with van der Waals surface area (Å²) in [4.78, 5) is 24.7. The van der Waals surface area contributed by atoms with E-state index in [1.165, 1.54) is 0 Å². The highest BCUT2D eigenvalue weighted by atomic mass is 16.3. The molecule has 0 unspecified atom stereocenters. The van der Waals surface area contributed by atoms with Crippen LogP contribution in [-0.4, -0.2) is 32.9 Å². The lowest BCUT2D eigenvalue weighted by Crippen LogP contribution is -2.43. The van der Waals surface area contributed by atoms with Crippen molar-refractivity contribution in [3.05, 3.63) is 28.2 Å². The van der Waals surface area contributed by atoms with E-state index < -0.39 is 0 Å². The molecule has 1 aromatic carbocycles. The first-order chi connectivity index (χ1) is 11.8. The number of aromatic nitrogens is 2. The molecule has 0 saturated carbocycles. The summed E-state index contributed by atoms with van der Waals surface area (Å²) in [6, 6.07) is 3.09. The van der Waals surface area contributed by atoms with Crippen LogP contribution in [-0.2, 0) is 13.1 Å². The fraction of sp³-hybridized carbons (Fsp3) is 0.556. The molecule has 1 aromatic heterocycles. The summed E-state index contributed by atoms with van der Waals surface area (Å²) in [7, 11) is 0. The fourth-order valence-electron chi connectivity index (χ4n) is 2.96. The molecule has 138 valence electrons. The number of amides is 2. The van der Waals surface area contributed by atoms with Crippen LogP contribution >= 0.6 is 0 Å². The van der Waals surface area contributed by atoms with Crippen molar-refractivity contribution in [3.8, 4) is 0 Å². The van der Waals surface area contributed by atoms with E-state index in [4.69, 9.17) is 0 Å². The van der Waals surface area contributed by atoms with E-state index in [0.29, 0.717) is 18.8 Å². The molecule has 0 saturated heterocycles. The van der Waals surface area contributed by atoms with Crippen molar-refractivity contribution < 1.29 is 9.90 Å². The number of aliphatic hydroxyl groups excluding tert-OH is 1. The Hall–Kier alpha value is -2.28. The zero-order valence-electron chi connectivity index (χ0n) is 15.6. The van der Waals surface area contributed by atoms with Crippen molar-refractivity contribution in [2.45, 2.75) is 53.8 Å². The zero-order valence-corrected chi connectivity index (χ0v) is 15.6. The largest absolute Gasteiger partial charge is 0.394 e. The molecule has 7 heteroatoms. The molecule has 0 aliphatic carbocycles. The van der Waals surface area contributed by atoms with Crippen molar-refractivity contribution in [1.29, 1.82) is 0 Å². The number of aryl methyl sites for hydroxylation is 3. The topological polar surface area (TPSA) is 88.3 Å². The number of hydrogen-bond donors (Lipinski definition) is 3. The third-order valence-corrected chi connectivity index (χ3v) is 4.56. The smallest absolute Gasteiger partial charge is 0.329 e. The van der Waals surface area contributed by atoms with Gasteiger partial charge in [0.2, 0.25) is 0 Å². The summed E-state index contributed by atoms with van der Waals surface area (Å²) >= 11 is 0. The molecule has 1 heterocycles. The first-order valence-corrected chi connectivity index (χ1v) is 8.76. The predicted octanol–water partition coefficient (Wildman–Crippen LogP) is 2.29. The molecule has 0 aliphatic heterocycles. The van der Waals surface area contributed by atoms with Crippen molar-refractivity contribution in [3.63, 3.8) is 0 Å². The van der Waals surface area contributed by atoms with E-state index in [9.17, 15) is 14.7 Å². The fourth-order valence-corrected chi connectivity index (χ4v) is 2.96. The number of fused-ring (bicyclic) bond motifs is 1. The zero-order chi connectivity index (χ0) is 18.7. The van der Waals surface area contributed by atoms with Crippen molar-refractivity contribution >= 4 is 22.8 Å². The molecular formula is C18H28N4O3. The summed E-state index contributed by atoms with van der Waals surface area (Å²) in [6.07, 6.45) is 0. The van der Waals surface area contributed by atoms with Gasteiger partial charge < -0.3 is 15.7 Å². The Morgan fingerprint density at radius 2 is 1.72 bits per heavy atom. The Morgan fingerprint density at radius 1 is 1.16 bits per heavy atom. The number of anilines is 1. The lowest BCUT2D eigenvalue weighted by atomic mass is 10.1. The van der Waals surface area contributed by atoms with E-state index in [1.807, 2.05) is 46.8 Å². The Labute approximate surface area is 147 Å². The van der Waals surface area contributed by atoms with Crippen LogP contribution in [0.5, 0.6) is 0 Å². The third kappa shape index (κ3) is 3.71. The average Bonchev–Trinajstić information content (AvgIpc) is 2.82. The summed E-state index contributed by atoms with van der Waals surface area (Å²) in [6.45, 7) is 10.7. The molecule has 1 atom stereocenters. The van der Waals surface area contributed by atoms with E-state index in [0.717, 1.165) is 16.6 Å². The number of hydrogen-bond acceptors (Lipinski definition) is 3. The van der Waals surface area contributed by atoms with Crippen LogP contribution < -0.4 is 16.3 Å². The number of benzene rings is 1. The summed E-state index contributed by atoms with van der Waals surface area (Å²) < 4.78 is 3.43. The standard InChI is InChI=1S/C18H28N4O3/c1-6-21-15-8-12(5)13(9-16(15)22(7-2)18(21)25)19-17(24)20-14(10-23)11(3)4/h8-9,11,14,23H,6-7,10H2,1-5H3,(H2,19,20,24)/t14-/m1/s1. The monoisotopic (exact) mass is 348 g/mol. The van der Waals surface area contributed by atoms with Gasteiger partial charge in [0.15, 0.2) is 0 Å². The molecule has 7 nitrogen and oxygen atoms in total. The Balaban J connectivity index is 2.38. The van der Waals surface area contributed by atoms with Crippen LogP contribution in [0.3, 0.4) is 0 Å². The minimum Gasteiger partial charge on any atom is -0.394 e. The Bertz CT molecular complexity index is 820. The molecule has 25 heavy (non-hydrogen) atoms. The maximum Gasteiger partial charge on any atom is 0.329 e. The minimum absolute atomic E-state index is 0.0406. The molecule has 3 N–H and O–H groups in total. The van der Waals surface area contributed by atoms with Crippen LogP contribution in [0.4, 0.5) is 10.5 Å². The Morgan fingerprint density at radius 3 is 2.20 bits per heavy atom. The number of imidazole rings is 1. The summed E-state index contributed by atoms with van der Waals surface area (Å²) in [5.41, 5.74) is 3.16. The van der Waals surface area contributed by atoms with Gasteiger partial charge in [0.1, 0.15) is 0 Å². The predicted molar refractivity (Wildman–Crippen MR) is 100 cm³/mol. The molecule has 0 aliphatic rings. The van der Waals surface area contributed by atoms with Gasteiger partial charge in [-0.2, -0.15) is 0 Å². The molecule has 0 bridgehead atoms. The van der Waals surface area contributed by atoms with Gasteiger partial charge >= 0.3 is 11.7 Å². The lowest BCUT2D eigenvalue weighted by Gasteiger charge is -2.20. The molecule has 2 aromatic rings. The van der Waals surface area contributed by atoms with Crippen molar-refractivity contribution in [2.24, 2.45) is 5.92 Å². The van der Waals surface area contributed by atoms with Crippen molar-refractivity contribution in [2.75, 3.05) is 11.9 Å². The highest BCUT2D eigenvalue weighted by Crippen LogP contribution is 2.23. The van der Waals surface area contributed by atoms with E-state index in [-0.39, 0.29) is 30.3 Å². The van der Waals surface area contributed by atoms with Gasteiger partial charge in [0.25, 0.3) is 0 Å². The molecule has 0 spiro atoms. The number of nitrogens with one attached hydrogen (secondary N) is 2.